The maximum absolute atomic E-state index is 12.8. The molecule has 0 aliphatic rings. The summed E-state index contributed by atoms with van der Waals surface area (Å²) in [7, 11) is 0. The first kappa shape index (κ1) is 30.1. The van der Waals surface area contributed by atoms with Crippen LogP contribution in [0.5, 0.6) is 0 Å². The number of aliphatic hydroxyl groups excluding tert-OH is 2. The molecule has 0 amide bonds. The summed E-state index contributed by atoms with van der Waals surface area (Å²) < 4.78 is 25.3. The molecule has 0 radical (unpaired) electrons. The van der Waals surface area contributed by atoms with Gasteiger partial charge in [-0.25, -0.2) is 9.59 Å². The Morgan fingerprint density at radius 2 is 1.26 bits per heavy atom. The Morgan fingerprint density at radius 1 is 0.771 bits per heavy atom. The Morgan fingerprint density at radius 3 is 1.71 bits per heavy atom. The summed E-state index contributed by atoms with van der Waals surface area (Å²) in [6.07, 6.45) is -2.02. The van der Waals surface area contributed by atoms with E-state index in [0.717, 1.165) is 11.1 Å². The summed E-state index contributed by atoms with van der Waals surface area (Å²) in [6.45, 7) is 3.66. The quantitative estimate of drug-likeness (QED) is 0.133. The molecule has 0 aromatic heterocycles. The van der Waals surface area contributed by atoms with Crippen molar-refractivity contribution in [3.8, 4) is 0 Å². The average molecular weight is 501 g/mol. The number of esters is 1. The summed E-state index contributed by atoms with van der Waals surface area (Å²) >= 11 is 0. The van der Waals surface area contributed by atoms with Crippen molar-refractivity contribution >= 4 is 18.3 Å². The Balaban J connectivity index is 2.62. The van der Waals surface area contributed by atoms with Gasteiger partial charge >= 0.3 is 18.3 Å². The van der Waals surface area contributed by atoms with Gasteiger partial charge in [-0.3, -0.25) is 4.79 Å². The van der Waals surface area contributed by atoms with Crippen molar-refractivity contribution in [2.24, 2.45) is 5.41 Å². The molecule has 4 N–H and O–H groups in total. The molecular formula is C23H36N2O10. The molecule has 1 aromatic rings. The zero-order valence-corrected chi connectivity index (χ0v) is 20.2. The van der Waals surface area contributed by atoms with E-state index in [2.05, 4.69) is 10.6 Å². The molecule has 0 fully saturated rings. The highest BCUT2D eigenvalue weighted by Gasteiger charge is 2.39. The lowest BCUT2D eigenvalue weighted by Crippen LogP contribution is -2.40. The Labute approximate surface area is 204 Å². The van der Waals surface area contributed by atoms with Crippen molar-refractivity contribution in [3.05, 3.63) is 35.4 Å². The van der Waals surface area contributed by atoms with Gasteiger partial charge < -0.3 is 44.5 Å². The van der Waals surface area contributed by atoms with Crippen LogP contribution in [0.15, 0.2) is 24.3 Å². The SMILES string of the molecule is Cc1ccc(COC(=O)C(C)(COC(=O)OCCNCCO)COC(=O)OCCNCCO)cc1. The van der Waals surface area contributed by atoms with Gasteiger partial charge in [-0.05, 0) is 19.4 Å². The second-order valence-electron chi connectivity index (χ2n) is 7.84. The van der Waals surface area contributed by atoms with Gasteiger partial charge in [0.05, 0.1) is 13.2 Å². The fourth-order valence-electron chi connectivity index (χ4n) is 2.51. The average Bonchev–Trinajstić information content (AvgIpc) is 2.85. The zero-order valence-electron chi connectivity index (χ0n) is 20.2. The van der Waals surface area contributed by atoms with Gasteiger partial charge in [-0.15, -0.1) is 0 Å². The number of aryl methyl sites for hydroxylation is 1. The number of carbonyl (C=O) groups is 3. The molecule has 0 bridgehead atoms. The first-order valence-electron chi connectivity index (χ1n) is 11.3. The number of aliphatic hydroxyl groups is 2. The van der Waals surface area contributed by atoms with Gasteiger partial charge in [0.15, 0.2) is 0 Å². The molecule has 12 nitrogen and oxygen atoms in total. The van der Waals surface area contributed by atoms with E-state index in [-0.39, 0.29) is 33.0 Å². The normalized spacial score (nSPS) is 11.0. The Kier molecular flexibility index (Phi) is 15.0. The monoisotopic (exact) mass is 500 g/mol. The molecule has 0 heterocycles. The van der Waals surface area contributed by atoms with Crippen LogP contribution in [0.2, 0.25) is 0 Å². The number of benzene rings is 1. The maximum Gasteiger partial charge on any atom is 0.508 e. The first-order valence-corrected chi connectivity index (χ1v) is 11.3. The second kappa shape index (κ2) is 17.5. The van der Waals surface area contributed by atoms with E-state index in [1.807, 2.05) is 31.2 Å². The van der Waals surface area contributed by atoms with Crippen LogP contribution in [0.25, 0.3) is 0 Å². The van der Waals surface area contributed by atoms with Crippen molar-refractivity contribution < 1.29 is 48.3 Å². The molecule has 0 spiro atoms. The van der Waals surface area contributed by atoms with Crippen LogP contribution in [-0.2, 0) is 35.1 Å². The van der Waals surface area contributed by atoms with Crippen LogP contribution in [0.1, 0.15) is 18.1 Å². The van der Waals surface area contributed by atoms with Gasteiger partial charge in [0, 0.05) is 26.2 Å². The summed E-state index contributed by atoms with van der Waals surface area (Å²) in [5, 5.41) is 23.1. The lowest BCUT2D eigenvalue weighted by atomic mass is 9.93. The van der Waals surface area contributed by atoms with Crippen molar-refractivity contribution in [1.29, 1.82) is 0 Å². The van der Waals surface area contributed by atoms with Crippen LogP contribution in [0.3, 0.4) is 0 Å². The molecule has 198 valence electrons. The molecular weight excluding hydrogens is 464 g/mol. The lowest BCUT2D eigenvalue weighted by molar-refractivity contribution is -0.162. The molecule has 1 aromatic carbocycles. The van der Waals surface area contributed by atoms with Crippen molar-refractivity contribution in [1.82, 2.24) is 10.6 Å². The predicted octanol–water partition coefficient (Wildman–Crippen LogP) is 0.515. The van der Waals surface area contributed by atoms with E-state index >= 15 is 0 Å². The van der Waals surface area contributed by atoms with Crippen molar-refractivity contribution in [2.45, 2.75) is 20.5 Å². The van der Waals surface area contributed by atoms with E-state index in [9.17, 15) is 14.4 Å². The highest BCUT2D eigenvalue weighted by molar-refractivity contribution is 5.77. The number of nitrogens with one attached hydrogen (secondary N) is 2. The van der Waals surface area contributed by atoms with Crippen molar-refractivity contribution in [3.63, 3.8) is 0 Å². The third-order valence-electron chi connectivity index (χ3n) is 4.58. The fourth-order valence-corrected chi connectivity index (χ4v) is 2.51. The number of hydrogen-bond donors (Lipinski definition) is 4. The summed E-state index contributed by atoms with van der Waals surface area (Å²) in [5.74, 6) is -0.743. The van der Waals surface area contributed by atoms with E-state index < -0.39 is 36.9 Å². The summed E-state index contributed by atoms with van der Waals surface area (Å²) in [6, 6.07) is 7.39. The van der Waals surface area contributed by atoms with Gasteiger partial charge in [0.25, 0.3) is 0 Å². The predicted molar refractivity (Wildman–Crippen MR) is 124 cm³/mol. The highest BCUT2D eigenvalue weighted by atomic mass is 16.7. The van der Waals surface area contributed by atoms with Gasteiger partial charge in [-0.2, -0.15) is 0 Å². The second-order valence-corrected chi connectivity index (χ2v) is 7.84. The number of rotatable bonds is 17. The maximum atomic E-state index is 12.8. The van der Waals surface area contributed by atoms with Crippen LogP contribution in [-0.4, -0.2) is 94.3 Å². The molecule has 35 heavy (non-hydrogen) atoms. The minimum absolute atomic E-state index is 0.000556. The van der Waals surface area contributed by atoms with E-state index in [0.29, 0.717) is 26.2 Å². The minimum atomic E-state index is -1.52. The third kappa shape index (κ3) is 13.5. The summed E-state index contributed by atoms with van der Waals surface area (Å²) in [5.41, 5.74) is 0.298. The topological polar surface area (TPSA) is 162 Å². The van der Waals surface area contributed by atoms with Crippen LogP contribution in [0, 0.1) is 12.3 Å². The Hall–Kier alpha value is -2.93. The van der Waals surface area contributed by atoms with E-state index in [4.69, 9.17) is 33.9 Å². The van der Waals surface area contributed by atoms with E-state index in [1.54, 1.807) is 0 Å². The van der Waals surface area contributed by atoms with Gasteiger partial charge in [-0.1, -0.05) is 29.8 Å². The highest BCUT2D eigenvalue weighted by Crippen LogP contribution is 2.22. The third-order valence-corrected chi connectivity index (χ3v) is 4.58. The lowest BCUT2D eigenvalue weighted by Gasteiger charge is -2.26. The fraction of sp³-hybridized carbons (Fsp3) is 0.609. The zero-order chi connectivity index (χ0) is 25.9. The molecule has 0 unspecified atom stereocenters. The smallest absolute Gasteiger partial charge is 0.460 e. The van der Waals surface area contributed by atoms with Crippen molar-refractivity contribution in [2.75, 3.05) is 65.8 Å². The number of carbonyl (C=O) groups excluding carboxylic acids is 3. The number of hydrogen-bond acceptors (Lipinski definition) is 12. The minimum Gasteiger partial charge on any atom is -0.460 e. The molecule has 0 aliphatic heterocycles. The molecule has 0 atom stereocenters. The molecule has 1 rings (SSSR count). The van der Waals surface area contributed by atoms with Crippen LogP contribution >= 0.6 is 0 Å². The molecule has 0 saturated heterocycles. The molecule has 0 aliphatic carbocycles. The first-order chi connectivity index (χ1) is 16.8. The largest absolute Gasteiger partial charge is 0.508 e. The molecule has 12 heteroatoms. The van der Waals surface area contributed by atoms with E-state index in [1.165, 1.54) is 6.92 Å². The standard InChI is InChI=1S/C23H36N2O10/c1-18-3-5-19(6-4-18)15-33-20(28)23(2,16-34-21(29)31-13-9-24-7-11-26)17-35-22(30)32-14-10-25-8-12-27/h3-6,24-27H,7-17H2,1-2H3. The summed E-state index contributed by atoms with van der Waals surface area (Å²) in [4.78, 5) is 36.6. The number of ether oxygens (including phenoxy) is 5. The molecule has 0 saturated carbocycles. The van der Waals surface area contributed by atoms with Crippen LogP contribution < -0.4 is 10.6 Å². The van der Waals surface area contributed by atoms with Gasteiger partial charge in [0.2, 0.25) is 0 Å². The van der Waals surface area contributed by atoms with Crippen LogP contribution in [0.4, 0.5) is 9.59 Å². The van der Waals surface area contributed by atoms with Gasteiger partial charge in [0.1, 0.15) is 38.4 Å². The Bertz CT molecular complexity index is 727.